The fourth-order valence-electron chi connectivity index (χ4n) is 1.98. The highest BCUT2D eigenvalue weighted by Gasteiger charge is 2.38. The Labute approximate surface area is 142 Å². The molecule has 0 aliphatic rings. The molecule has 0 heterocycles. The van der Waals surface area contributed by atoms with E-state index in [1.54, 1.807) is 17.4 Å². The van der Waals surface area contributed by atoms with Gasteiger partial charge >= 0.3 is 12.1 Å². The van der Waals surface area contributed by atoms with Crippen LogP contribution in [0.15, 0.2) is 47.4 Å². The number of alkyl halides is 3. The summed E-state index contributed by atoms with van der Waals surface area (Å²) in [7, 11) is -3.83. The summed E-state index contributed by atoms with van der Waals surface area (Å²) in [6.07, 6.45) is -5.00. The van der Waals surface area contributed by atoms with E-state index in [1.165, 1.54) is 37.3 Å². The summed E-state index contributed by atoms with van der Waals surface area (Å²) in [4.78, 5) is 11.0. The summed E-state index contributed by atoms with van der Waals surface area (Å²) >= 11 is 0. The number of anilines is 2. The average molecular weight is 372 g/mol. The van der Waals surface area contributed by atoms with Gasteiger partial charge in [0.15, 0.2) is 0 Å². The van der Waals surface area contributed by atoms with Gasteiger partial charge in [0.25, 0.3) is 10.0 Å². The van der Waals surface area contributed by atoms with Gasteiger partial charge in [-0.25, -0.2) is 8.42 Å². The van der Waals surface area contributed by atoms with Crippen molar-refractivity contribution in [2.75, 3.05) is 10.0 Å². The Bertz CT molecular complexity index is 892. The Morgan fingerprint density at radius 1 is 1.00 bits per heavy atom. The van der Waals surface area contributed by atoms with E-state index in [-0.39, 0.29) is 16.3 Å². The Morgan fingerprint density at radius 3 is 2.12 bits per heavy atom. The van der Waals surface area contributed by atoms with Crippen LogP contribution in [0.25, 0.3) is 0 Å². The molecule has 5 nitrogen and oxygen atoms in total. The molecule has 0 aliphatic carbocycles. The Morgan fingerprint density at radius 2 is 1.60 bits per heavy atom. The minimum Gasteiger partial charge on any atom is -0.318 e. The van der Waals surface area contributed by atoms with Gasteiger partial charge in [-0.05, 0) is 49.7 Å². The Hall–Kier alpha value is -2.55. The van der Waals surface area contributed by atoms with Crippen LogP contribution >= 0.6 is 0 Å². The second kappa shape index (κ2) is 6.75. The standard InChI is InChI=1S/C16H15F3N2O3S/c1-10-3-6-13(7-4-10)25(23,24)21-14-8-5-12(9-11(14)2)20-15(22)16(17,18)19/h3-9,21H,1-2H3,(H,20,22). The third kappa shape index (κ3) is 4.72. The number of amides is 1. The number of carbonyl (C=O) groups excluding carboxylic acids is 1. The molecule has 0 atom stereocenters. The first kappa shape index (κ1) is 18.8. The second-order valence-electron chi connectivity index (χ2n) is 5.40. The molecule has 0 spiro atoms. The number of rotatable bonds is 4. The molecule has 9 heteroatoms. The Balaban J connectivity index is 2.21. The summed E-state index contributed by atoms with van der Waals surface area (Å²) < 4.78 is 63.8. The first-order valence-electron chi connectivity index (χ1n) is 7.07. The largest absolute Gasteiger partial charge is 0.471 e. The lowest BCUT2D eigenvalue weighted by Gasteiger charge is -2.13. The SMILES string of the molecule is Cc1ccc(S(=O)(=O)Nc2ccc(NC(=O)C(F)(F)F)cc2C)cc1. The van der Waals surface area contributed by atoms with Crippen molar-refractivity contribution in [3.05, 3.63) is 53.6 Å². The predicted molar refractivity (Wildman–Crippen MR) is 87.9 cm³/mol. The minimum absolute atomic E-state index is 0.0620. The molecule has 134 valence electrons. The van der Waals surface area contributed by atoms with Gasteiger partial charge in [-0.15, -0.1) is 0 Å². The summed E-state index contributed by atoms with van der Waals surface area (Å²) in [5.41, 5.74) is 1.37. The molecule has 2 rings (SSSR count). The van der Waals surface area contributed by atoms with Crippen LogP contribution in [-0.4, -0.2) is 20.5 Å². The second-order valence-corrected chi connectivity index (χ2v) is 7.08. The molecule has 2 N–H and O–H groups in total. The van der Waals surface area contributed by atoms with Crippen molar-refractivity contribution in [2.24, 2.45) is 0 Å². The van der Waals surface area contributed by atoms with E-state index in [1.807, 2.05) is 6.92 Å². The van der Waals surface area contributed by atoms with Crippen LogP contribution in [0.2, 0.25) is 0 Å². The fraction of sp³-hybridized carbons (Fsp3) is 0.188. The number of sulfonamides is 1. The van der Waals surface area contributed by atoms with Crippen molar-refractivity contribution in [2.45, 2.75) is 24.9 Å². The zero-order chi connectivity index (χ0) is 18.8. The molecule has 0 aliphatic heterocycles. The van der Waals surface area contributed by atoms with Gasteiger partial charge in [-0.3, -0.25) is 9.52 Å². The first-order chi connectivity index (χ1) is 11.5. The third-order valence-electron chi connectivity index (χ3n) is 3.32. The zero-order valence-electron chi connectivity index (χ0n) is 13.3. The van der Waals surface area contributed by atoms with Gasteiger partial charge in [-0.1, -0.05) is 17.7 Å². The van der Waals surface area contributed by atoms with Crippen molar-refractivity contribution in [3.8, 4) is 0 Å². The molecule has 2 aromatic rings. The smallest absolute Gasteiger partial charge is 0.318 e. The number of hydrogen-bond acceptors (Lipinski definition) is 3. The van der Waals surface area contributed by atoms with Gasteiger partial charge in [0.1, 0.15) is 0 Å². The van der Waals surface area contributed by atoms with E-state index < -0.39 is 22.1 Å². The fourth-order valence-corrected chi connectivity index (χ4v) is 3.11. The molecule has 1 amide bonds. The molecule has 0 saturated heterocycles. The minimum atomic E-state index is -5.00. The molecule has 0 fully saturated rings. The molecule has 0 aromatic heterocycles. The van der Waals surface area contributed by atoms with Gasteiger partial charge in [0.2, 0.25) is 0 Å². The molecule has 0 bridgehead atoms. The van der Waals surface area contributed by atoms with Crippen molar-refractivity contribution in [1.29, 1.82) is 0 Å². The van der Waals surface area contributed by atoms with Crippen LogP contribution in [-0.2, 0) is 14.8 Å². The number of carbonyl (C=O) groups is 1. The maximum absolute atomic E-state index is 12.3. The zero-order valence-corrected chi connectivity index (χ0v) is 14.1. The molecule has 0 radical (unpaired) electrons. The van der Waals surface area contributed by atoms with Crippen LogP contribution in [0.1, 0.15) is 11.1 Å². The van der Waals surface area contributed by atoms with Gasteiger partial charge in [0, 0.05) is 5.69 Å². The number of nitrogens with one attached hydrogen (secondary N) is 2. The van der Waals surface area contributed by atoms with E-state index in [2.05, 4.69) is 4.72 Å². The van der Waals surface area contributed by atoms with Gasteiger partial charge in [-0.2, -0.15) is 13.2 Å². The summed E-state index contributed by atoms with van der Waals surface area (Å²) in [6, 6.07) is 9.91. The van der Waals surface area contributed by atoms with E-state index in [0.717, 1.165) is 5.56 Å². The highest BCUT2D eigenvalue weighted by atomic mass is 32.2. The van der Waals surface area contributed by atoms with E-state index in [4.69, 9.17) is 0 Å². The number of benzene rings is 2. The van der Waals surface area contributed by atoms with Crippen LogP contribution in [0, 0.1) is 13.8 Å². The van der Waals surface area contributed by atoms with E-state index in [9.17, 15) is 26.4 Å². The molecule has 0 saturated carbocycles. The number of hydrogen-bond donors (Lipinski definition) is 2. The van der Waals surface area contributed by atoms with Crippen LogP contribution in [0.3, 0.4) is 0 Å². The maximum atomic E-state index is 12.3. The van der Waals surface area contributed by atoms with Gasteiger partial charge < -0.3 is 5.32 Å². The normalized spacial score (nSPS) is 11.9. The molecule has 25 heavy (non-hydrogen) atoms. The van der Waals surface area contributed by atoms with Crippen LogP contribution < -0.4 is 10.0 Å². The predicted octanol–water partition coefficient (Wildman–Crippen LogP) is 3.61. The topological polar surface area (TPSA) is 75.3 Å². The first-order valence-corrected chi connectivity index (χ1v) is 8.56. The third-order valence-corrected chi connectivity index (χ3v) is 4.70. The summed E-state index contributed by atoms with van der Waals surface area (Å²) in [6.45, 7) is 3.33. The van der Waals surface area contributed by atoms with Crippen molar-refractivity contribution in [1.82, 2.24) is 0 Å². The van der Waals surface area contributed by atoms with Crippen LogP contribution in [0.5, 0.6) is 0 Å². The van der Waals surface area contributed by atoms with Crippen molar-refractivity contribution < 1.29 is 26.4 Å². The molecule has 2 aromatic carbocycles. The molecular weight excluding hydrogens is 357 g/mol. The monoisotopic (exact) mass is 372 g/mol. The Kier molecular flexibility index (Phi) is 5.07. The van der Waals surface area contributed by atoms with Crippen molar-refractivity contribution >= 4 is 27.3 Å². The lowest BCUT2D eigenvalue weighted by Crippen LogP contribution is -2.29. The summed E-state index contributed by atoms with van der Waals surface area (Å²) in [5, 5.41) is 1.71. The number of aryl methyl sites for hydroxylation is 2. The lowest BCUT2D eigenvalue weighted by atomic mass is 10.2. The molecular formula is C16H15F3N2O3S. The highest BCUT2D eigenvalue weighted by molar-refractivity contribution is 7.92. The van der Waals surface area contributed by atoms with E-state index >= 15 is 0 Å². The van der Waals surface area contributed by atoms with Gasteiger partial charge in [0.05, 0.1) is 10.6 Å². The number of halogens is 3. The van der Waals surface area contributed by atoms with E-state index in [0.29, 0.717) is 5.56 Å². The summed E-state index contributed by atoms with van der Waals surface area (Å²) in [5.74, 6) is -2.10. The quantitative estimate of drug-likeness (QED) is 0.861. The lowest BCUT2D eigenvalue weighted by molar-refractivity contribution is -0.167. The maximum Gasteiger partial charge on any atom is 0.471 e. The highest BCUT2D eigenvalue weighted by Crippen LogP contribution is 2.24. The molecule has 0 unspecified atom stereocenters. The van der Waals surface area contributed by atoms with Crippen molar-refractivity contribution in [3.63, 3.8) is 0 Å². The average Bonchev–Trinajstić information content (AvgIpc) is 2.49. The van der Waals surface area contributed by atoms with Crippen LogP contribution in [0.4, 0.5) is 24.5 Å².